The number of nitrogens with zero attached hydrogens (tertiary/aromatic N) is 4. The van der Waals surface area contributed by atoms with Gasteiger partial charge in [-0.1, -0.05) is 17.7 Å². The van der Waals surface area contributed by atoms with Crippen molar-refractivity contribution < 1.29 is 14.6 Å². The third-order valence-electron chi connectivity index (χ3n) is 8.45. The molecular weight excluding hydrogens is 490 g/mol. The number of aromatic nitrogens is 2. The van der Waals surface area contributed by atoms with Gasteiger partial charge in [-0.15, -0.1) is 0 Å². The molecule has 194 valence electrons. The normalized spacial score (nSPS) is 28.3. The van der Waals surface area contributed by atoms with Gasteiger partial charge in [-0.3, -0.25) is 14.7 Å². The van der Waals surface area contributed by atoms with Gasteiger partial charge in [0.05, 0.1) is 35.6 Å². The number of aliphatic hydroxyl groups is 1. The van der Waals surface area contributed by atoms with E-state index in [1.165, 1.54) is 0 Å². The number of amides is 1. The number of carbonyl (C=O) groups excluding carboxylic acids is 1. The molecule has 2 aromatic heterocycles. The number of aliphatic hydroxyl groups excluding tert-OH is 1. The maximum atomic E-state index is 13.0. The number of hydrogen-bond acceptors (Lipinski definition) is 7. The van der Waals surface area contributed by atoms with E-state index in [2.05, 4.69) is 38.1 Å². The number of nitrogens with one attached hydrogen (secondary N) is 1. The second-order valence-corrected chi connectivity index (χ2v) is 11.0. The number of rotatable bonds is 5. The molecule has 2 aliphatic heterocycles. The molecule has 2 saturated heterocycles. The van der Waals surface area contributed by atoms with Crippen LogP contribution in [-0.2, 0) is 9.53 Å². The Labute approximate surface area is 221 Å². The van der Waals surface area contributed by atoms with Crippen LogP contribution in [0.1, 0.15) is 31.4 Å². The smallest absolute Gasteiger partial charge is 0.229 e. The average molecular weight is 522 g/mol. The van der Waals surface area contributed by atoms with Gasteiger partial charge in [0.25, 0.3) is 0 Å². The van der Waals surface area contributed by atoms with Crippen LogP contribution in [-0.4, -0.2) is 76.9 Å². The fourth-order valence-electron chi connectivity index (χ4n) is 5.86. The number of fused-ring (bicyclic) bond motifs is 1. The molecule has 1 aliphatic carbocycles. The molecule has 2 N–H and O–H groups in total. The van der Waals surface area contributed by atoms with E-state index in [0.717, 1.165) is 61.2 Å². The third kappa shape index (κ3) is 4.56. The highest BCUT2D eigenvalue weighted by Crippen LogP contribution is 2.42. The Bertz CT molecular complexity index is 1300. The molecule has 0 bridgehead atoms. The lowest BCUT2D eigenvalue weighted by Gasteiger charge is -2.45. The molecule has 3 aromatic rings. The Morgan fingerprint density at radius 3 is 2.65 bits per heavy atom. The van der Waals surface area contributed by atoms with E-state index in [1.807, 2.05) is 30.3 Å². The van der Waals surface area contributed by atoms with Gasteiger partial charge in [-0.05, 0) is 55.5 Å². The first kappa shape index (κ1) is 24.6. The van der Waals surface area contributed by atoms with E-state index in [9.17, 15) is 9.90 Å². The molecule has 4 heterocycles. The van der Waals surface area contributed by atoms with Gasteiger partial charge in [0.15, 0.2) is 0 Å². The zero-order chi connectivity index (χ0) is 25.6. The second-order valence-electron chi connectivity index (χ2n) is 10.6. The van der Waals surface area contributed by atoms with E-state index >= 15 is 0 Å². The lowest BCUT2D eigenvalue weighted by atomic mass is 9.71. The molecule has 0 radical (unpaired) electrons. The summed E-state index contributed by atoms with van der Waals surface area (Å²) in [5, 5.41) is 16.0. The number of piperazine rings is 1. The first-order valence-corrected chi connectivity index (χ1v) is 13.4. The number of anilines is 2. The highest BCUT2D eigenvalue weighted by molar-refractivity contribution is 6.34. The lowest BCUT2D eigenvalue weighted by Crippen LogP contribution is -2.60. The molecule has 8 nitrogen and oxygen atoms in total. The minimum absolute atomic E-state index is 0.00867. The summed E-state index contributed by atoms with van der Waals surface area (Å²) in [4.78, 5) is 26.6. The summed E-state index contributed by atoms with van der Waals surface area (Å²) >= 11 is 6.70. The van der Waals surface area contributed by atoms with E-state index in [1.54, 1.807) is 12.4 Å². The third-order valence-corrected chi connectivity index (χ3v) is 8.75. The zero-order valence-electron chi connectivity index (χ0n) is 20.9. The number of halogens is 1. The van der Waals surface area contributed by atoms with Crippen LogP contribution in [0.2, 0.25) is 5.02 Å². The summed E-state index contributed by atoms with van der Waals surface area (Å²) in [6.45, 7) is 6.27. The fourth-order valence-corrected chi connectivity index (χ4v) is 6.15. The monoisotopic (exact) mass is 521 g/mol. The van der Waals surface area contributed by atoms with Gasteiger partial charge in [0.1, 0.15) is 5.82 Å². The average Bonchev–Trinajstić information content (AvgIpc) is 3.23. The van der Waals surface area contributed by atoms with Crippen LogP contribution in [0.25, 0.3) is 10.8 Å². The molecule has 4 atom stereocenters. The molecule has 1 saturated carbocycles. The van der Waals surface area contributed by atoms with Crippen LogP contribution in [0.15, 0.2) is 48.8 Å². The number of carbonyl (C=O) groups is 1. The van der Waals surface area contributed by atoms with Gasteiger partial charge in [-0.25, -0.2) is 4.98 Å². The van der Waals surface area contributed by atoms with Crippen LogP contribution in [0.3, 0.4) is 0 Å². The van der Waals surface area contributed by atoms with Crippen LogP contribution in [0.5, 0.6) is 0 Å². The number of pyridine rings is 2. The first-order valence-electron chi connectivity index (χ1n) is 13.0. The summed E-state index contributed by atoms with van der Waals surface area (Å²) in [7, 11) is 0. The van der Waals surface area contributed by atoms with Crippen molar-refractivity contribution in [3.63, 3.8) is 0 Å². The minimum Gasteiger partial charge on any atom is -0.389 e. The Hall–Kier alpha value is -2.78. The summed E-state index contributed by atoms with van der Waals surface area (Å²) in [5.74, 6) is 0.607. The Kier molecular flexibility index (Phi) is 6.52. The van der Waals surface area contributed by atoms with Gasteiger partial charge < -0.3 is 20.1 Å². The second kappa shape index (κ2) is 9.83. The number of ether oxygens (including phenoxy) is 1. The quantitative estimate of drug-likeness (QED) is 0.529. The highest BCUT2D eigenvalue weighted by Gasteiger charge is 2.44. The number of benzene rings is 1. The molecule has 37 heavy (non-hydrogen) atoms. The number of hydrogen-bond donors (Lipinski definition) is 2. The molecule has 1 amide bonds. The Morgan fingerprint density at radius 2 is 1.97 bits per heavy atom. The lowest BCUT2D eigenvalue weighted by molar-refractivity contribution is -0.123. The van der Waals surface area contributed by atoms with E-state index in [-0.39, 0.29) is 23.3 Å². The molecular formula is C28H32ClN5O3. The summed E-state index contributed by atoms with van der Waals surface area (Å²) < 4.78 is 5.53. The van der Waals surface area contributed by atoms with Crippen molar-refractivity contribution in [3.8, 4) is 0 Å². The van der Waals surface area contributed by atoms with Gasteiger partial charge in [0.2, 0.25) is 5.91 Å². The SMILES string of the molecule is C[C@@]1(N2CCN(c3cc4cc(NC(=O)[C@@H]5CC[C@@H]5c5ccccn5)ncc4cc3Cl)CC2)COC[C@@H]1O. The first-order chi connectivity index (χ1) is 17.9. The van der Waals surface area contributed by atoms with Crippen molar-refractivity contribution in [2.24, 2.45) is 5.92 Å². The zero-order valence-corrected chi connectivity index (χ0v) is 21.7. The fraction of sp³-hybridized carbons (Fsp3) is 0.464. The predicted octanol–water partition coefficient (Wildman–Crippen LogP) is 3.69. The maximum Gasteiger partial charge on any atom is 0.229 e. The Morgan fingerprint density at radius 1 is 1.14 bits per heavy atom. The largest absolute Gasteiger partial charge is 0.389 e. The van der Waals surface area contributed by atoms with Crippen LogP contribution < -0.4 is 10.2 Å². The van der Waals surface area contributed by atoms with E-state index < -0.39 is 6.10 Å². The van der Waals surface area contributed by atoms with Crippen LogP contribution in [0.4, 0.5) is 11.5 Å². The molecule has 6 rings (SSSR count). The Balaban J connectivity index is 1.16. The van der Waals surface area contributed by atoms with Crippen molar-refractivity contribution in [3.05, 3.63) is 59.5 Å². The van der Waals surface area contributed by atoms with Gasteiger partial charge >= 0.3 is 0 Å². The van der Waals surface area contributed by atoms with Gasteiger partial charge in [-0.2, -0.15) is 0 Å². The van der Waals surface area contributed by atoms with Crippen molar-refractivity contribution >= 4 is 39.8 Å². The highest BCUT2D eigenvalue weighted by atomic mass is 35.5. The molecule has 0 unspecified atom stereocenters. The molecule has 1 aromatic carbocycles. The summed E-state index contributed by atoms with van der Waals surface area (Å²) in [6, 6.07) is 11.8. The molecule has 9 heteroatoms. The van der Waals surface area contributed by atoms with Crippen LogP contribution in [0, 0.1) is 5.92 Å². The summed E-state index contributed by atoms with van der Waals surface area (Å²) in [5.41, 5.74) is 1.61. The van der Waals surface area contributed by atoms with Crippen molar-refractivity contribution in [2.45, 2.75) is 37.3 Å². The molecule has 3 aliphatic rings. The van der Waals surface area contributed by atoms with Crippen molar-refractivity contribution in [1.29, 1.82) is 0 Å². The minimum atomic E-state index is -0.469. The van der Waals surface area contributed by atoms with Crippen LogP contribution >= 0.6 is 11.6 Å². The summed E-state index contributed by atoms with van der Waals surface area (Å²) in [6.07, 6.45) is 4.90. The topological polar surface area (TPSA) is 90.8 Å². The van der Waals surface area contributed by atoms with E-state index in [4.69, 9.17) is 16.3 Å². The van der Waals surface area contributed by atoms with Crippen molar-refractivity contribution in [2.75, 3.05) is 49.6 Å². The standard InChI is InChI=1S/C28H32ClN5O3/c1-28(17-37-16-25(28)35)34-10-8-33(9-11-34)24-13-18-14-26(31-15-19(18)12-22(24)29)32-27(36)21-6-5-20(21)23-4-2-3-7-30-23/h2-4,7,12-15,20-21,25,35H,5-6,8-11,16-17H2,1H3,(H,31,32,36)/t20-,21+,25-,28+/m0/s1. The predicted molar refractivity (Wildman–Crippen MR) is 144 cm³/mol. The molecule has 3 fully saturated rings. The molecule has 0 spiro atoms. The maximum absolute atomic E-state index is 13.0. The van der Waals surface area contributed by atoms with E-state index in [0.29, 0.717) is 24.1 Å². The van der Waals surface area contributed by atoms with Gasteiger partial charge in [0, 0.05) is 61.5 Å². The van der Waals surface area contributed by atoms with Crippen molar-refractivity contribution in [1.82, 2.24) is 14.9 Å².